The molecule has 0 saturated carbocycles. The Morgan fingerprint density at radius 2 is 2.00 bits per heavy atom. The van der Waals surface area contributed by atoms with E-state index in [0.29, 0.717) is 5.92 Å². The van der Waals surface area contributed by atoms with E-state index in [-0.39, 0.29) is 23.4 Å². The van der Waals surface area contributed by atoms with Gasteiger partial charge in [-0.05, 0) is 55.4 Å². The molecule has 0 bridgehead atoms. The largest absolute Gasteiger partial charge is 0.341 e. The van der Waals surface area contributed by atoms with Gasteiger partial charge in [0.1, 0.15) is 11.4 Å². The second-order valence-corrected chi connectivity index (χ2v) is 10.2. The number of thiophene rings is 1. The zero-order valence-corrected chi connectivity index (χ0v) is 17.4. The van der Waals surface area contributed by atoms with Crippen molar-refractivity contribution in [3.8, 4) is 0 Å². The first-order valence-corrected chi connectivity index (χ1v) is 10.9. The number of amides is 1. The van der Waals surface area contributed by atoms with Gasteiger partial charge in [-0.25, -0.2) is 4.98 Å². The lowest BCUT2D eigenvalue weighted by Gasteiger charge is -2.33. The number of aryl methyl sites for hydroxylation is 1. The fourth-order valence-electron chi connectivity index (χ4n) is 4.44. The summed E-state index contributed by atoms with van der Waals surface area (Å²) in [4.78, 5) is 34.3. The minimum atomic E-state index is -0.0444. The van der Waals surface area contributed by atoms with Crippen molar-refractivity contribution in [2.75, 3.05) is 13.1 Å². The molecule has 27 heavy (non-hydrogen) atoms. The van der Waals surface area contributed by atoms with E-state index in [2.05, 4.69) is 25.8 Å². The van der Waals surface area contributed by atoms with E-state index < -0.39 is 0 Å². The molecule has 1 atom stereocenters. The number of fused-ring (bicyclic) bond motifs is 3. The Kier molecular flexibility index (Phi) is 4.87. The lowest BCUT2D eigenvalue weighted by atomic mass is 9.72. The lowest BCUT2D eigenvalue weighted by molar-refractivity contribution is -0.132. The van der Waals surface area contributed by atoms with E-state index in [1.54, 1.807) is 17.7 Å². The molecule has 1 aliphatic heterocycles. The third-order valence-electron chi connectivity index (χ3n) is 6.27. The van der Waals surface area contributed by atoms with Gasteiger partial charge in [0.25, 0.3) is 5.56 Å². The van der Waals surface area contributed by atoms with Crippen LogP contribution in [0, 0.1) is 11.3 Å². The first-order valence-electron chi connectivity index (χ1n) is 10.1. The van der Waals surface area contributed by atoms with Crippen molar-refractivity contribution in [2.45, 2.75) is 65.8 Å². The number of rotatable bonds is 2. The molecule has 0 spiro atoms. The molecule has 0 radical (unpaired) electrons. The molecule has 0 unspecified atom stereocenters. The van der Waals surface area contributed by atoms with Crippen LogP contribution in [0.25, 0.3) is 10.2 Å². The third-order valence-corrected chi connectivity index (χ3v) is 7.44. The first kappa shape index (κ1) is 18.7. The molecular formula is C21H29N3O2S. The average Bonchev–Trinajstić information content (AvgIpc) is 3.02. The number of hydrogen-bond acceptors (Lipinski definition) is 4. The van der Waals surface area contributed by atoms with E-state index in [0.717, 1.165) is 55.4 Å². The van der Waals surface area contributed by atoms with Crippen molar-refractivity contribution in [1.82, 2.24) is 14.5 Å². The molecule has 3 heterocycles. The molecule has 4 rings (SSSR count). The van der Waals surface area contributed by atoms with Crippen molar-refractivity contribution in [3.05, 3.63) is 27.1 Å². The molecule has 1 saturated heterocycles. The van der Waals surface area contributed by atoms with Gasteiger partial charge in [-0.1, -0.05) is 20.8 Å². The van der Waals surface area contributed by atoms with Crippen molar-refractivity contribution in [2.24, 2.45) is 11.3 Å². The van der Waals surface area contributed by atoms with Gasteiger partial charge in [0.05, 0.1) is 11.7 Å². The summed E-state index contributed by atoms with van der Waals surface area (Å²) >= 11 is 1.67. The summed E-state index contributed by atoms with van der Waals surface area (Å²) in [6.45, 7) is 8.63. The van der Waals surface area contributed by atoms with E-state index in [1.807, 2.05) is 4.90 Å². The SMILES string of the molecule is CC(C)(C)[C@@H]1CCc2c(sc3ncn(CC(=O)N4CCCCC4)c(=O)c23)C1. The molecule has 0 N–H and O–H groups in total. The topological polar surface area (TPSA) is 55.2 Å². The van der Waals surface area contributed by atoms with Crippen LogP contribution < -0.4 is 5.56 Å². The minimum Gasteiger partial charge on any atom is -0.341 e. The number of carbonyl (C=O) groups excluding carboxylic acids is 1. The van der Waals surface area contributed by atoms with Crippen molar-refractivity contribution in [3.63, 3.8) is 0 Å². The van der Waals surface area contributed by atoms with E-state index in [9.17, 15) is 9.59 Å². The van der Waals surface area contributed by atoms with Gasteiger partial charge in [0.15, 0.2) is 0 Å². The number of nitrogens with zero attached hydrogens (tertiary/aromatic N) is 3. The highest BCUT2D eigenvalue weighted by Gasteiger charge is 2.31. The fourth-order valence-corrected chi connectivity index (χ4v) is 5.70. The Morgan fingerprint density at radius 3 is 2.70 bits per heavy atom. The molecule has 1 aliphatic carbocycles. The summed E-state index contributed by atoms with van der Waals surface area (Å²) in [5.74, 6) is 0.677. The van der Waals surface area contributed by atoms with Crippen molar-refractivity contribution < 1.29 is 4.79 Å². The Hall–Kier alpha value is -1.69. The van der Waals surface area contributed by atoms with Crippen LogP contribution in [0.15, 0.2) is 11.1 Å². The standard InChI is InChI=1S/C21H29N3O2S/c1-21(2,3)14-7-8-15-16(11-14)27-19-18(15)20(26)24(13-22-19)12-17(25)23-9-5-4-6-10-23/h13-14H,4-12H2,1-3H3/t14-/m1/s1. The maximum absolute atomic E-state index is 13.1. The average molecular weight is 388 g/mol. The molecule has 5 nitrogen and oxygen atoms in total. The zero-order chi connectivity index (χ0) is 19.2. The predicted octanol–water partition coefficient (Wildman–Crippen LogP) is 3.62. The number of hydrogen-bond donors (Lipinski definition) is 0. The number of carbonyl (C=O) groups is 1. The van der Waals surface area contributed by atoms with Gasteiger partial charge in [0.2, 0.25) is 5.91 Å². The molecule has 146 valence electrons. The van der Waals surface area contributed by atoms with Gasteiger partial charge in [-0.3, -0.25) is 14.2 Å². The van der Waals surface area contributed by atoms with Crippen LogP contribution in [0.4, 0.5) is 0 Å². The zero-order valence-electron chi connectivity index (χ0n) is 16.6. The number of piperidine rings is 1. The Bertz CT molecular complexity index is 916. The maximum atomic E-state index is 13.1. The van der Waals surface area contributed by atoms with Gasteiger partial charge in [-0.15, -0.1) is 11.3 Å². The van der Waals surface area contributed by atoms with Crippen molar-refractivity contribution >= 4 is 27.5 Å². The van der Waals surface area contributed by atoms with Crippen LogP contribution in [0.3, 0.4) is 0 Å². The smallest absolute Gasteiger partial charge is 0.262 e. The summed E-state index contributed by atoms with van der Waals surface area (Å²) in [5.41, 5.74) is 1.42. The van der Waals surface area contributed by atoms with Crippen LogP contribution in [-0.2, 0) is 24.2 Å². The number of aromatic nitrogens is 2. The van der Waals surface area contributed by atoms with Crippen LogP contribution in [0.5, 0.6) is 0 Å². The summed E-state index contributed by atoms with van der Waals surface area (Å²) in [7, 11) is 0. The molecule has 2 aliphatic rings. The predicted molar refractivity (Wildman–Crippen MR) is 109 cm³/mol. The highest BCUT2D eigenvalue weighted by molar-refractivity contribution is 7.18. The van der Waals surface area contributed by atoms with Crippen LogP contribution >= 0.6 is 11.3 Å². The lowest BCUT2D eigenvalue weighted by Crippen LogP contribution is -2.39. The second kappa shape index (κ2) is 7.04. The summed E-state index contributed by atoms with van der Waals surface area (Å²) < 4.78 is 1.52. The van der Waals surface area contributed by atoms with Gasteiger partial charge < -0.3 is 4.90 Å². The van der Waals surface area contributed by atoms with Gasteiger partial charge in [-0.2, -0.15) is 0 Å². The highest BCUT2D eigenvalue weighted by Crippen LogP contribution is 2.41. The quantitative estimate of drug-likeness (QED) is 0.791. The third kappa shape index (κ3) is 3.56. The van der Waals surface area contributed by atoms with E-state index >= 15 is 0 Å². The molecule has 2 aromatic rings. The molecule has 1 fully saturated rings. The van der Waals surface area contributed by atoms with Gasteiger partial charge in [0, 0.05) is 18.0 Å². The minimum absolute atomic E-state index is 0.0369. The monoisotopic (exact) mass is 387 g/mol. The second-order valence-electron chi connectivity index (χ2n) is 9.11. The molecular weight excluding hydrogens is 358 g/mol. The molecule has 2 aromatic heterocycles. The Balaban J connectivity index is 1.63. The molecule has 0 aromatic carbocycles. The highest BCUT2D eigenvalue weighted by atomic mass is 32.1. The fraction of sp³-hybridized carbons (Fsp3) is 0.667. The normalized spacial score (nSPS) is 20.7. The summed E-state index contributed by atoms with van der Waals surface area (Å²) in [6.07, 6.45) is 7.97. The summed E-state index contributed by atoms with van der Waals surface area (Å²) in [6, 6.07) is 0. The van der Waals surface area contributed by atoms with Crippen LogP contribution in [0.2, 0.25) is 0 Å². The Morgan fingerprint density at radius 1 is 1.26 bits per heavy atom. The number of likely N-dealkylation sites (tertiary alicyclic amines) is 1. The van der Waals surface area contributed by atoms with E-state index in [4.69, 9.17) is 0 Å². The van der Waals surface area contributed by atoms with Crippen LogP contribution in [-0.4, -0.2) is 33.4 Å². The van der Waals surface area contributed by atoms with Gasteiger partial charge >= 0.3 is 0 Å². The van der Waals surface area contributed by atoms with Crippen molar-refractivity contribution in [1.29, 1.82) is 0 Å². The molecule has 6 heteroatoms. The van der Waals surface area contributed by atoms with Crippen LogP contribution in [0.1, 0.15) is 56.9 Å². The molecule has 1 amide bonds. The Labute approximate surface area is 164 Å². The first-order chi connectivity index (χ1) is 12.8. The van der Waals surface area contributed by atoms with E-state index in [1.165, 1.54) is 21.4 Å². The maximum Gasteiger partial charge on any atom is 0.262 e. The summed E-state index contributed by atoms with van der Waals surface area (Å²) in [5, 5.41) is 0.760.